The zero-order valence-corrected chi connectivity index (χ0v) is 23.1. The van der Waals surface area contributed by atoms with Crippen LogP contribution in [0.25, 0.3) is 0 Å². The van der Waals surface area contributed by atoms with E-state index in [2.05, 4.69) is 72.8 Å². The number of hydrogen-bond acceptors (Lipinski definition) is 5. The molecular weight excluding hydrogens is 482 g/mol. The second-order valence-corrected chi connectivity index (χ2v) is 15.0. The molecule has 1 aliphatic carbocycles. The minimum atomic E-state index is -3.63. The van der Waals surface area contributed by atoms with Gasteiger partial charge >= 0.3 is 18.9 Å². The van der Waals surface area contributed by atoms with Crippen molar-refractivity contribution in [3.63, 3.8) is 0 Å². The van der Waals surface area contributed by atoms with Crippen LogP contribution in [-0.2, 0) is 13.8 Å². The van der Waals surface area contributed by atoms with Gasteiger partial charge in [-0.3, -0.25) is 0 Å². The molecule has 1 saturated carbocycles. The van der Waals surface area contributed by atoms with Crippen molar-refractivity contribution in [3.05, 3.63) is 103 Å². The maximum Gasteiger partial charge on any atom is 1.00 e. The van der Waals surface area contributed by atoms with Crippen molar-refractivity contribution in [1.82, 2.24) is 0 Å². The average Bonchev–Trinajstić information content (AvgIpc) is 2.92. The van der Waals surface area contributed by atoms with Crippen LogP contribution in [0.4, 0.5) is 0 Å². The van der Waals surface area contributed by atoms with Crippen molar-refractivity contribution in [2.75, 3.05) is 14.2 Å². The first-order valence-electron chi connectivity index (χ1n) is 12.0. The van der Waals surface area contributed by atoms with Crippen LogP contribution in [0.3, 0.4) is 0 Å². The van der Waals surface area contributed by atoms with E-state index in [9.17, 15) is 10.00 Å². The average molecular weight is 515 g/mol. The van der Waals surface area contributed by atoms with Gasteiger partial charge < -0.3 is 14.7 Å². The van der Waals surface area contributed by atoms with Crippen LogP contribution in [0.1, 0.15) is 25.7 Å². The predicted molar refractivity (Wildman–Crippen MR) is 140 cm³/mol. The predicted octanol–water partition coefficient (Wildman–Crippen LogP) is 0.0651. The molecule has 1 fully saturated rings. The Morgan fingerprint density at radius 2 is 1.19 bits per heavy atom. The number of ether oxygens (including phenoxy) is 1. The molecule has 0 amide bonds. The molecule has 4 rings (SSSR count). The molecule has 0 N–H and O–H groups in total. The van der Waals surface area contributed by atoms with Gasteiger partial charge in [0.25, 0.3) is 7.94 Å². The standard InChI is InChI=1S/C28H33O5PSi.Li/c1-31-34(30,32-2)22-28(29)33-26-20-12-13-21-27(26)35(23-14-6-3-7-15-23,24-16-8-4-9-17-24)25-18-10-5-11-19-25;/h3-11,14-19,22,26-27,29H,12-13,20-21H2,1-2H3;/q;+1/p-1/b28-22+;/t26-,27-;/m0./s1. The van der Waals surface area contributed by atoms with E-state index < -0.39 is 22.0 Å². The molecule has 0 heterocycles. The second kappa shape index (κ2) is 13.1. The summed E-state index contributed by atoms with van der Waals surface area (Å²) in [6.45, 7) is 0. The topological polar surface area (TPSA) is 73.8 Å². The Bertz CT molecular complexity index is 1000. The van der Waals surface area contributed by atoms with E-state index in [4.69, 9.17) is 13.8 Å². The van der Waals surface area contributed by atoms with Crippen molar-refractivity contribution in [3.8, 4) is 0 Å². The van der Waals surface area contributed by atoms with Crippen molar-refractivity contribution in [2.24, 2.45) is 0 Å². The van der Waals surface area contributed by atoms with E-state index in [0.29, 0.717) is 0 Å². The SMILES string of the molecule is CO[P+]([O-])(/C=C(\[O-])O[C@H]1CCCC[C@@H]1[Si](c1ccccc1)(c1ccccc1)c1ccccc1)OC.[Li+]. The smallest absolute Gasteiger partial charge is 0.628 e. The molecule has 2 atom stereocenters. The van der Waals surface area contributed by atoms with Crippen LogP contribution in [-0.4, -0.2) is 28.4 Å². The van der Waals surface area contributed by atoms with E-state index in [0.717, 1.165) is 31.5 Å². The third-order valence-electron chi connectivity index (χ3n) is 6.99. The van der Waals surface area contributed by atoms with Crippen LogP contribution in [0.2, 0.25) is 5.54 Å². The normalized spacial score (nSPS) is 18.8. The van der Waals surface area contributed by atoms with Crippen LogP contribution in [0.15, 0.2) is 103 Å². The largest absolute Gasteiger partial charge is 1.00 e. The summed E-state index contributed by atoms with van der Waals surface area (Å²) in [6, 6.07) is 32.0. The molecule has 184 valence electrons. The zero-order valence-electron chi connectivity index (χ0n) is 21.2. The Labute approximate surface area is 227 Å². The van der Waals surface area contributed by atoms with Crippen molar-refractivity contribution >= 4 is 31.6 Å². The van der Waals surface area contributed by atoms with Gasteiger partial charge in [-0.05, 0) is 27.5 Å². The molecule has 0 aliphatic heterocycles. The fourth-order valence-corrected chi connectivity index (χ4v) is 12.0. The number of hydrogen-bond donors (Lipinski definition) is 0. The zero-order chi connectivity index (χ0) is 24.7. The number of benzene rings is 3. The third-order valence-corrected chi connectivity index (χ3v) is 14.0. The minimum absolute atomic E-state index is 0. The van der Waals surface area contributed by atoms with Crippen molar-refractivity contribution in [1.29, 1.82) is 0 Å². The quantitative estimate of drug-likeness (QED) is 0.175. The van der Waals surface area contributed by atoms with Gasteiger partial charge in [0, 0.05) is 6.10 Å². The van der Waals surface area contributed by atoms with Gasteiger partial charge in [0.15, 0.2) is 8.07 Å². The van der Waals surface area contributed by atoms with Crippen LogP contribution in [0.5, 0.6) is 0 Å². The molecule has 1 aliphatic rings. The molecule has 0 radical (unpaired) electrons. The monoisotopic (exact) mass is 514 g/mol. The summed E-state index contributed by atoms with van der Waals surface area (Å²) in [6.07, 6.45) is 3.43. The summed E-state index contributed by atoms with van der Waals surface area (Å²) < 4.78 is 16.0. The fraction of sp³-hybridized carbons (Fsp3) is 0.286. The summed E-state index contributed by atoms with van der Waals surface area (Å²) >= 11 is 0. The molecule has 36 heavy (non-hydrogen) atoms. The molecule has 0 unspecified atom stereocenters. The van der Waals surface area contributed by atoms with Crippen LogP contribution >= 0.6 is 7.94 Å². The number of rotatable bonds is 9. The Hall–Kier alpha value is -1.88. The van der Waals surface area contributed by atoms with E-state index in [-0.39, 0.29) is 30.5 Å². The van der Waals surface area contributed by atoms with Gasteiger partial charge in [0.2, 0.25) is 0 Å². The van der Waals surface area contributed by atoms with Gasteiger partial charge in [-0.1, -0.05) is 110 Å². The van der Waals surface area contributed by atoms with Crippen LogP contribution in [0, 0.1) is 0 Å². The minimum Gasteiger partial charge on any atom is -0.628 e. The Balaban J connectivity index is 0.00000361. The maximum absolute atomic E-state index is 12.9. The van der Waals surface area contributed by atoms with Crippen LogP contribution < -0.4 is 44.4 Å². The van der Waals surface area contributed by atoms with E-state index in [1.807, 2.05) is 18.2 Å². The van der Waals surface area contributed by atoms with E-state index in [1.54, 1.807) is 0 Å². The maximum atomic E-state index is 12.9. The summed E-state index contributed by atoms with van der Waals surface area (Å²) in [4.78, 5) is 12.6. The van der Waals surface area contributed by atoms with Gasteiger partial charge in [0.1, 0.15) is 5.82 Å². The Morgan fingerprint density at radius 1 is 0.778 bits per heavy atom. The Morgan fingerprint density at radius 3 is 1.61 bits per heavy atom. The summed E-state index contributed by atoms with van der Waals surface area (Å²) in [5.41, 5.74) is 0.102. The second-order valence-electron chi connectivity index (χ2n) is 8.81. The summed E-state index contributed by atoms with van der Waals surface area (Å²) in [5, 5.41) is 16.8. The van der Waals surface area contributed by atoms with Gasteiger partial charge in [0.05, 0.1) is 20.2 Å². The molecule has 3 aromatic rings. The van der Waals surface area contributed by atoms with Crippen molar-refractivity contribution in [2.45, 2.75) is 37.3 Å². The fourth-order valence-electron chi connectivity index (χ4n) is 5.47. The third kappa shape index (κ3) is 5.98. The first-order valence-corrected chi connectivity index (χ1v) is 15.7. The molecule has 0 bridgehead atoms. The summed E-state index contributed by atoms with van der Waals surface area (Å²) in [5.74, 6) is 0.293. The molecule has 0 aromatic heterocycles. The van der Waals surface area contributed by atoms with Gasteiger partial charge in [-0.2, -0.15) is 0 Å². The van der Waals surface area contributed by atoms with E-state index >= 15 is 0 Å². The van der Waals surface area contributed by atoms with Gasteiger partial charge in [-0.15, -0.1) is 0 Å². The Kier molecular flexibility index (Phi) is 10.4. The first kappa shape index (κ1) is 28.7. The molecular formula is C28H32LiO5PSi. The molecule has 5 nitrogen and oxygen atoms in total. The van der Waals surface area contributed by atoms with Crippen molar-refractivity contribution < 1.29 is 42.6 Å². The van der Waals surface area contributed by atoms with Gasteiger partial charge in [-0.25, -0.2) is 9.05 Å². The van der Waals surface area contributed by atoms with E-state index in [1.165, 1.54) is 29.8 Å². The molecule has 0 spiro atoms. The first-order chi connectivity index (χ1) is 17.0. The molecule has 3 aromatic carbocycles. The summed E-state index contributed by atoms with van der Waals surface area (Å²) in [7, 11) is -3.76. The molecule has 8 heteroatoms. The molecule has 0 saturated heterocycles.